The van der Waals surface area contributed by atoms with Crippen LogP contribution in [0.2, 0.25) is 0 Å². The molecular weight excluding hydrogens is 211 g/mol. The van der Waals surface area contributed by atoms with Crippen LogP contribution in [0.5, 0.6) is 0 Å². The van der Waals surface area contributed by atoms with Gasteiger partial charge in [0.25, 0.3) is 0 Å². The van der Waals surface area contributed by atoms with Crippen LogP contribution >= 0.6 is 0 Å². The van der Waals surface area contributed by atoms with Crippen molar-refractivity contribution in [2.45, 2.75) is 37.9 Å². The summed E-state index contributed by atoms with van der Waals surface area (Å²) in [5.74, 6) is -1.78. The highest BCUT2D eigenvalue weighted by Crippen LogP contribution is 2.26. The van der Waals surface area contributed by atoms with Gasteiger partial charge in [0.2, 0.25) is 0 Å². The Morgan fingerprint density at radius 2 is 2.07 bits per heavy atom. The van der Waals surface area contributed by atoms with Crippen LogP contribution in [-0.4, -0.2) is 41.3 Å². The van der Waals surface area contributed by atoms with Crippen molar-refractivity contribution in [1.82, 2.24) is 4.90 Å². The van der Waals surface area contributed by atoms with Crippen molar-refractivity contribution < 1.29 is 23.1 Å². The summed E-state index contributed by atoms with van der Waals surface area (Å²) in [6, 6.07) is -0.460. The molecule has 88 valence electrons. The Kier molecular flexibility index (Phi) is 3.96. The summed E-state index contributed by atoms with van der Waals surface area (Å²) >= 11 is 0. The van der Waals surface area contributed by atoms with E-state index in [2.05, 4.69) is 0 Å². The SMILES string of the molecule is O=C(N1CCCCC1CCO)C(F)(F)F. The van der Waals surface area contributed by atoms with Crippen LogP contribution in [0.25, 0.3) is 0 Å². The molecule has 1 aliphatic heterocycles. The van der Waals surface area contributed by atoms with Crippen LogP contribution < -0.4 is 0 Å². The van der Waals surface area contributed by atoms with E-state index in [1.165, 1.54) is 0 Å². The zero-order valence-electron chi connectivity index (χ0n) is 8.26. The Morgan fingerprint density at radius 3 is 2.60 bits per heavy atom. The third-order valence-corrected chi connectivity index (χ3v) is 2.59. The molecule has 1 heterocycles. The molecular formula is C9H14F3NO2. The number of hydrogen-bond donors (Lipinski definition) is 1. The molecule has 1 saturated heterocycles. The van der Waals surface area contributed by atoms with Crippen molar-refractivity contribution in [3.8, 4) is 0 Å². The van der Waals surface area contributed by atoms with E-state index in [-0.39, 0.29) is 19.6 Å². The molecule has 15 heavy (non-hydrogen) atoms. The summed E-state index contributed by atoms with van der Waals surface area (Å²) in [5.41, 5.74) is 0. The van der Waals surface area contributed by atoms with Gasteiger partial charge in [-0.05, 0) is 25.7 Å². The number of amides is 1. The first kappa shape index (κ1) is 12.3. The molecule has 1 aliphatic rings. The van der Waals surface area contributed by atoms with Crippen molar-refractivity contribution in [3.63, 3.8) is 0 Å². The highest BCUT2D eigenvalue weighted by Gasteiger charge is 2.44. The lowest BCUT2D eigenvalue weighted by Crippen LogP contribution is -2.49. The summed E-state index contributed by atoms with van der Waals surface area (Å²) in [6.07, 6.45) is -2.62. The van der Waals surface area contributed by atoms with Gasteiger partial charge in [0.15, 0.2) is 0 Å². The molecule has 0 spiro atoms. The second-order valence-corrected chi connectivity index (χ2v) is 3.66. The summed E-state index contributed by atoms with van der Waals surface area (Å²) in [7, 11) is 0. The maximum atomic E-state index is 12.2. The molecule has 1 atom stereocenters. The minimum Gasteiger partial charge on any atom is -0.396 e. The fourth-order valence-electron chi connectivity index (χ4n) is 1.88. The zero-order valence-corrected chi connectivity index (χ0v) is 8.26. The molecule has 3 nitrogen and oxygen atoms in total. The topological polar surface area (TPSA) is 40.5 Å². The van der Waals surface area contributed by atoms with Crippen molar-refractivity contribution in [2.24, 2.45) is 0 Å². The van der Waals surface area contributed by atoms with E-state index in [1.807, 2.05) is 0 Å². The average molecular weight is 225 g/mol. The van der Waals surface area contributed by atoms with Gasteiger partial charge in [-0.2, -0.15) is 13.2 Å². The number of aliphatic hydroxyl groups excluding tert-OH is 1. The van der Waals surface area contributed by atoms with E-state index in [0.29, 0.717) is 12.8 Å². The maximum Gasteiger partial charge on any atom is 0.471 e. The van der Waals surface area contributed by atoms with Gasteiger partial charge in [-0.15, -0.1) is 0 Å². The van der Waals surface area contributed by atoms with E-state index in [0.717, 1.165) is 11.3 Å². The quantitative estimate of drug-likeness (QED) is 0.769. The number of alkyl halides is 3. The normalized spacial score (nSPS) is 22.9. The van der Waals surface area contributed by atoms with Crippen LogP contribution in [-0.2, 0) is 4.79 Å². The number of hydrogen-bond acceptors (Lipinski definition) is 2. The van der Waals surface area contributed by atoms with E-state index in [4.69, 9.17) is 5.11 Å². The first-order valence-corrected chi connectivity index (χ1v) is 4.95. The molecule has 0 saturated carbocycles. The van der Waals surface area contributed by atoms with Crippen LogP contribution in [0.4, 0.5) is 13.2 Å². The van der Waals surface area contributed by atoms with Gasteiger partial charge in [0, 0.05) is 19.2 Å². The van der Waals surface area contributed by atoms with Crippen LogP contribution in [0.3, 0.4) is 0 Å². The van der Waals surface area contributed by atoms with Gasteiger partial charge in [0.1, 0.15) is 0 Å². The number of carbonyl (C=O) groups is 1. The number of halogens is 3. The summed E-state index contributed by atoms with van der Waals surface area (Å²) in [5, 5.41) is 8.70. The summed E-state index contributed by atoms with van der Waals surface area (Å²) in [6.45, 7) is -0.0463. The zero-order chi connectivity index (χ0) is 11.5. The van der Waals surface area contributed by atoms with Gasteiger partial charge in [0.05, 0.1) is 0 Å². The van der Waals surface area contributed by atoms with Crippen LogP contribution in [0.1, 0.15) is 25.7 Å². The molecule has 1 rings (SSSR count). The maximum absolute atomic E-state index is 12.2. The predicted molar refractivity (Wildman–Crippen MR) is 47.1 cm³/mol. The highest BCUT2D eigenvalue weighted by molar-refractivity contribution is 5.82. The molecule has 0 aliphatic carbocycles. The number of nitrogens with zero attached hydrogens (tertiary/aromatic N) is 1. The first-order chi connectivity index (χ1) is 6.96. The van der Waals surface area contributed by atoms with E-state index in [9.17, 15) is 18.0 Å². The monoisotopic (exact) mass is 225 g/mol. The minimum absolute atomic E-state index is 0.142. The Bertz CT molecular complexity index is 228. The molecule has 0 aromatic rings. The predicted octanol–water partition coefficient (Wildman–Crippen LogP) is 1.31. The van der Waals surface area contributed by atoms with Crippen LogP contribution in [0.15, 0.2) is 0 Å². The Balaban J connectivity index is 2.67. The second kappa shape index (κ2) is 4.83. The lowest BCUT2D eigenvalue weighted by Gasteiger charge is -2.35. The largest absolute Gasteiger partial charge is 0.471 e. The lowest BCUT2D eigenvalue weighted by molar-refractivity contribution is -0.189. The van der Waals surface area contributed by atoms with Gasteiger partial charge < -0.3 is 10.0 Å². The fourth-order valence-corrected chi connectivity index (χ4v) is 1.88. The second-order valence-electron chi connectivity index (χ2n) is 3.66. The molecule has 0 bridgehead atoms. The van der Waals surface area contributed by atoms with E-state index < -0.39 is 18.1 Å². The number of rotatable bonds is 2. The highest BCUT2D eigenvalue weighted by atomic mass is 19.4. The molecule has 0 aromatic heterocycles. The molecule has 6 heteroatoms. The Morgan fingerprint density at radius 1 is 1.40 bits per heavy atom. The first-order valence-electron chi connectivity index (χ1n) is 4.95. The van der Waals surface area contributed by atoms with Crippen LogP contribution in [0, 0.1) is 0 Å². The van der Waals surface area contributed by atoms with Gasteiger partial charge in [-0.3, -0.25) is 4.79 Å². The Labute approximate surface area is 85.9 Å². The van der Waals surface area contributed by atoms with E-state index >= 15 is 0 Å². The van der Waals surface area contributed by atoms with E-state index in [1.54, 1.807) is 0 Å². The average Bonchev–Trinajstić information content (AvgIpc) is 2.17. The summed E-state index contributed by atoms with van der Waals surface area (Å²) < 4.78 is 36.6. The minimum atomic E-state index is -4.80. The third-order valence-electron chi connectivity index (χ3n) is 2.59. The number of piperidine rings is 1. The number of aliphatic hydroxyl groups is 1. The molecule has 1 unspecified atom stereocenters. The van der Waals surface area contributed by atoms with Gasteiger partial charge >= 0.3 is 12.1 Å². The van der Waals surface area contributed by atoms with Crippen molar-refractivity contribution in [3.05, 3.63) is 0 Å². The van der Waals surface area contributed by atoms with Crippen molar-refractivity contribution in [1.29, 1.82) is 0 Å². The molecule has 0 radical (unpaired) electrons. The summed E-state index contributed by atoms with van der Waals surface area (Å²) in [4.78, 5) is 11.9. The number of likely N-dealkylation sites (tertiary alicyclic amines) is 1. The standard InChI is InChI=1S/C9H14F3NO2/c10-9(11,12)8(15)13-5-2-1-3-7(13)4-6-14/h7,14H,1-6H2. The number of carbonyl (C=O) groups excluding carboxylic acids is 1. The molecule has 1 N–H and O–H groups in total. The van der Waals surface area contributed by atoms with Crippen molar-refractivity contribution in [2.75, 3.05) is 13.2 Å². The van der Waals surface area contributed by atoms with Gasteiger partial charge in [-0.25, -0.2) is 0 Å². The molecule has 1 fully saturated rings. The molecule has 0 aromatic carbocycles. The lowest BCUT2D eigenvalue weighted by atomic mass is 9.99. The fraction of sp³-hybridized carbons (Fsp3) is 0.889. The molecule has 1 amide bonds. The smallest absolute Gasteiger partial charge is 0.396 e. The van der Waals surface area contributed by atoms with Crippen molar-refractivity contribution >= 4 is 5.91 Å². The Hall–Kier alpha value is -0.780. The van der Waals surface area contributed by atoms with Gasteiger partial charge in [-0.1, -0.05) is 0 Å². The third kappa shape index (κ3) is 3.09.